The average molecular weight is 523 g/mol. The third-order valence-electron chi connectivity index (χ3n) is 8.94. The van der Waals surface area contributed by atoms with Gasteiger partial charge >= 0.3 is 0 Å². The summed E-state index contributed by atoms with van der Waals surface area (Å²) in [4.78, 5) is 10.5. The van der Waals surface area contributed by atoms with Crippen LogP contribution in [0.15, 0.2) is 107 Å². The van der Waals surface area contributed by atoms with Gasteiger partial charge in [0.1, 0.15) is 6.67 Å². The van der Waals surface area contributed by atoms with Crippen molar-refractivity contribution in [3.63, 3.8) is 0 Å². The van der Waals surface area contributed by atoms with E-state index in [0.717, 1.165) is 44.9 Å². The van der Waals surface area contributed by atoms with Crippen LogP contribution >= 0.6 is 0 Å². The van der Waals surface area contributed by atoms with Crippen LogP contribution in [0.4, 0.5) is 0 Å². The highest BCUT2D eigenvalue weighted by Crippen LogP contribution is 2.38. The molecule has 0 radical (unpaired) electrons. The van der Waals surface area contributed by atoms with Crippen LogP contribution in [0.25, 0.3) is 57.2 Å². The standard InChI is InChI=1S/C37H22N4/c1-2-10-23-22(9-1)30-17-34-26-13-5-6-14-27(26)36-19-32-24-11-3-4-12-25(24)33(39-32)20-37-29-16-8-7-15-28(29)35(18-31(23)38-30)41(37)21-40(34)36/h1-20H,21H2. The Morgan fingerprint density at radius 2 is 0.829 bits per heavy atom. The van der Waals surface area contributed by atoms with E-state index in [1.54, 1.807) is 0 Å². The Kier molecular flexibility index (Phi) is 3.95. The van der Waals surface area contributed by atoms with E-state index in [4.69, 9.17) is 9.98 Å². The smallest absolute Gasteiger partial charge is 0.100 e. The molecule has 0 aliphatic carbocycles. The quantitative estimate of drug-likeness (QED) is 0.225. The van der Waals surface area contributed by atoms with Gasteiger partial charge in [0.25, 0.3) is 0 Å². The molecule has 0 saturated carbocycles. The molecular formula is C37H22N4. The molecule has 4 heteroatoms. The second-order valence-electron chi connectivity index (χ2n) is 11.1. The molecule has 0 unspecified atom stereocenters. The van der Waals surface area contributed by atoms with Gasteiger partial charge in [-0.05, 0) is 24.3 Å². The van der Waals surface area contributed by atoms with Crippen molar-refractivity contribution >= 4 is 68.7 Å². The third kappa shape index (κ3) is 2.78. The first-order chi connectivity index (χ1) is 20.3. The first-order valence-electron chi connectivity index (χ1n) is 14.0. The van der Waals surface area contributed by atoms with Crippen molar-refractivity contribution in [1.82, 2.24) is 9.13 Å². The fourth-order valence-electron chi connectivity index (χ4n) is 7.09. The van der Waals surface area contributed by atoms with E-state index in [0.29, 0.717) is 6.67 Å². The van der Waals surface area contributed by atoms with Crippen LogP contribution in [0.5, 0.6) is 0 Å². The van der Waals surface area contributed by atoms with E-state index in [9.17, 15) is 0 Å². The molecule has 4 aromatic carbocycles. The minimum absolute atomic E-state index is 0.673. The summed E-state index contributed by atoms with van der Waals surface area (Å²) < 4.78 is 4.92. The lowest BCUT2D eigenvalue weighted by molar-refractivity contribution is 0.586. The molecule has 6 bridgehead atoms. The van der Waals surface area contributed by atoms with Crippen molar-refractivity contribution < 1.29 is 0 Å². The molecule has 0 fully saturated rings. The molecule has 41 heavy (non-hydrogen) atoms. The van der Waals surface area contributed by atoms with E-state index >= 15 is 0 Å². The van der Waals surface area contributed by atoms with Crippen LogP contribution in [0.1, 0.15) is 33.6 Å². The van der Waals surface area contributed by atoms with Gasteiger partial charge in [-0.15, -0.1) is 0 Å². The van der Waals surface area contributed by atoms with Crippen molar-refractivity contribution in [2.24, 2.45) is 9.98 Å². The van der Waals surface area contributed by atoms with Crippen LogP contribution in [0.2, 0.25) is 0 Å². The topological polar surface area (TPSA) is 34.6 Å². The fourth-order valence-corrected chi connectivity index (χ4v) is 7.09. The van der Waals surface area contributed by atoms with Crippen LogP contribution < -0.4 is 10.7 Å². The maximum absolute atomic E-state index is 5.25. The van der Waals surface area contributed by atoms with Gasteiger partial charge in [-0.2, -0.15) is 0 Å². The summed E-state index contributed by atoms with van der Waals surface area (Å²) in [5, 5.41) is 7.20. The minimum atomic E-state index is 0.673. The molecule has 4 nitrogen and oxygen atoms in total. The molecule has 0 spiro atoms. The second kappa shape index (κ2) is 7.58. The maximum atomic E-state index is 5.25. The van der Waals surface area contributed by atoms with Gasteiger partial charge in [-0.3, -0.25) is 0 Å². The SMILES string of the molecule is C1=C2N=C(C=c3c4ccccc4c4n3Cn3c1c1ccccc1c3C=C1N=C(C=4)c3ccccc31)c1ccccc12. The van der Waals surface area contributed by atoms with Gasteiger partial charge in [0.15, 0.2) is 0 Å². The number of aromatic nitrogens is 2. The van der Waals surface area contributed by atoms with Crippen molar-refractivity contribution in [3.8, 4) is 0 Å². The Labute approximate surface area is 235 Å². The third-order valence-corrected chi connectivity index (χ3v) is 8.94. The molecule has 0 amide bonds. The molecule has 4 aliphatic heterocycles. The van der Waals surface area contributed by atoms with Gasteiger partial charge in [-0.25, -0.2) is 9.98 Å². The van der Waals surface area contributed by atoms with Crippen molar-refractivity contribution in [3.05, 3.63) is 141 Å². The predicted octanol–water partition coefficient (Wildman–Crippen LogP) is 6.29. The van der Waals surface area contributed by atoms with Crippen LogP contribution in [-0.2, 0) is 6.67 Å². The number of fused-ring (bicyclic) bond motifs is 14. The van der Waals surface area contributed by atoms with E-state index in [2.05, 4.69) is 131 Å². The largest absolute Gasteiger partial charge is 0.322 e. The average Bonchev–Trinajstić information content (AvgIpc) is 3.72. The molecule has 10 rings (SSSR count). The molecule has 4 aliphatic rings. The first kappa shape index (κ1) is 21.4. The van der Waals surface area contributed by atoms with Gasteiger partial charge in [-0.1, -0.05) is 97.1 Å². The van der Waals surface area contributed by atoms with E-state index < -0.39 is 0 Å². The second-order valence-corrected chi connectivity index (χ2v) is 11.1. The zero-order chi connectivity index (χ0) is 26.7. The summed E-state index contributed by atoms with van der Waals surface area (Å²) in [7, 11) is 0. The Bertz CT molecular complexity index is 2270. The summed E-state index contributed by atoms with van der Waals surface area (Å²) in [5.74, 6) is 0. The van der Waals surface area contributed by atoms with Gasteiger partial charge in [0, 0.05) is 43.8 Å². The van der Waals surface area contributed by atoms with Crippen molar-refractivity contribution in [2.75, 3.05) is 0 Å². The molecule has 0 saturated heterocycles. The Hall–Kier alpha value is -5.48. The number of aliphatic imine (C=N–C) groups is 2. The van der Waals surface area contributed by atoms with E-state index in [1.807, 2.05) is 0 Å². The Morgan fingerprint density at radius 1 is 0.415 bits per heavy atom. The maximum Gasteiger partial charge on any atom is 0.100 e. The summed E-state index contributed by atoms with van der Waals surface area (Å²) in [5.41, 5.74) is 11.0. The number of nitrogens with zero attached hydrogens (tertiary/aromatic N) is 4. The molecule has 0 atom stereocenters. The lowest BCUT2D eigenvalue weighted by Crippen LogP contribution is -2.32. The highest BCUT2D eigenvalue weighted by Gasteiger charge is 2.26. The summed E-state index contributed by atoms with van der Waals surface area (Å²) >= 11 is 0. The van der Waals surface area contributed by atoms with E-state index in [-0.39, 0.29) is 0 Å². The lowest BCUT2D eigenvalue weighted by Gasteiger charge is -2.15. The minimum Gasteiger partial charge on any atom is -0.322 e. The summed E-state index contributed by atoms with van der Waals surface area (Å²) in [6.45, 7) is 0.673. The highest BCUT2D eigenvalue weighted by atomic mass is 15.2. The first-order valence-corrected chi connectivity index (χ1v) is 14.0. The highest BCUT2D eigenvalue weighted by molar-refractivity contribution is 6.30. The fraction of sp³-hybridized carbons (Fsp3) is 0.0270. The molecular weight excluding hydrogens is 500 g/mol. The van der Waals surface area contributed by atoms with Gasteiger partial charge < -0.3 is 9.13 Å². The Balaban J connectivity index is 1.48. The Morgan fingerprint density at radius 3 is 1.32 bits per heavy atom. The monoisotopic (exact) mass is 522 g/mol. The molecule has 190 valence electrons. The summed E-state index contributed by atoms with van der Waals surface area (Å²) in [6, 6.07) is 34.7. The lowest BCUT2D eigenvalue weighted by atomic mass is 10.0. The number of hydrogen-bond acceptors (Lipinski definition) is 2. The zero-order valence-corrected chi connectivity index (χ0v) is 22.0. The van der Waals surface area contributed by atoms with Crippen molar-refractivity contribution in [1.29, 1.82) is 0 Å². The van der Waals surface area contributed by atoms with Crippen LogP contribution in [0, 0.1) is 0 Å². The van der Waals surface area contributed by atoms with E-state index in [1.165, 1.54) is 43.8 Å². The van der Waals surface area contributed by atoms with Gasteiger partial charge in [0.05, 0.1) is 44.9 Å². The van der Waals surface area contributed by atoms with Crippen LogP contribution in [-0.4, -0.2) is 20.6 Å². The van der Waals surface area contributed by atoms with Crippen molar-refractivity contribution in [2.45, 2.75) is 6.67 Å². The molecule has 0 N–H and O–H groups in total. The predicted molar refractivity (Wildman–Crippen MR) is 169 cm³/mol. The molecule has 6 heterocycles. The molecule has 6 aromatic rings. The van der Waals surface area contributed by atoms with Gasteiger partial charge in [0.2, 0.25) is 0 Å². The number of hydrogen-bond donors (Lipinski definition) is 0. The zero-order valence-electron chi connectivity index (χ0n) is 22.0. The molecule has 2 aromatic heterocycles. The number of benzene rings is 4. The summed E-state index contributed by atoms with van der Waals surface area (Å²) in [6.07, 6.45) is 9.13. The van der Waals surface area contributed by atoms with Crippen LogP contribution in [0.3, 0.4) is 0 Å². The number of rotatable bonds is 0. The normalized spacial score (nSPS) is 15.7.